The Kier molecular flexibility index (Phi) is 7.27. The van der Waals surface area contributed by atoms with Crippen molar-refractivity contribution in [2.24, 2.45) is 0 Å². The van der Waals surface area contributed by atoms with E-state index in [9.17, 15) is 9.59 Å². The van der Waals surface area contributed by atoms with Crippen molar-refractivity contribution >= 4 is 51.1 Å². The van der Waals surface area contributed by atoms with Crippen molar-refractivity contribution in [2.45, 2.75) is 0 Å². The van der Waals surface area contributed by atoms with Gasteiger partial charge < -0.3 is 15.4 Å². The highest BCUT2D eigenvalue weighted by Gasteiger charge is 2.15. The van der Waals surface area contributed by atoms with E-state index in [4.69, 9.17) is 16.3 Å². The molecule has 3 rings (SSSR count). The maximum Gasteiger partial charge on any atom is 0.272 e. The number of anilines is 1. The molecule has 5 nitrogen and oxygen atoms in total. The maximum absolute atomic E-state index is 12.9. The highest BCUT2D eigenvalue weighted by molar-refractivity contribution is 9.10. The first-order valence-corrected chi connectivity index (χ1v) is 10.1. The summed E-state index contributed by atoms with van der Waals surface area (Å²) in [5, 5.41) is 6.05. The second kappa shape index (κ2) is 10.1. The summed E-state index contributed by atoms with van der Waals surface area (Å²) in [6, 6.07) is 20.7. The van der Waals surface area contributed by atoms with E-state index in [1.165, 1.54) is 0 Å². The van der Waals surface area contributed by atoms with Crippen molar-refractivity contribution in [1.82, 2.24) is 5.32 Å². The monoisotopic (exact) mass is 484 g/mol. The van der Waals surface area contributed by atoms with Gasteiger partial charge in [0.15, 0.2) is 0 Å². The summed E-state index contributed by atoms with van der Waals surface area (Å²) in [5.41, 5.74) is 1.81. The number of rotatable bonds is 6. The Morgan fingerprint density at radius 3 is 2.17 bits per heavy atom. The standard InChI is InChI=1S/C23H18BrClN2O3/c1-30-20-12-10-19(11-13-20)26-23(29)21(14-15-2-8-18(25)9-3-15)27-22(28)16-4-6-17(24)7-5-16/h2-14H,1H3,(H,26,29)(H,27,28)/b21-14-. The van der Waals surface area contributed by atoms with Gasteiger partial charge in [0.05, 0.1) is 7.11 Å². The van der Waals surface area contributed by atoms with E-state index in [2.05, 4.69) is 26.6 Å². The molecule has 3 aromatic carbocycles. The Balaban J connectivity index is 1.85. The largest absolute Gasteiger partial charge is 0.497 e. The second-order valence-corrected chi connectivity index (χ2v) is 7.61. The molecule has 0 aliphatic carbocycles. The molecule has 0 aliphatic heterocycles. The lowest BCUT2D eigenvalue weighted by Crippen LogP contribution is -2.30. The first-order chi connectivity index (χ1) is 14.4. The third-order valence-corrected chi connectivity index (χ3v) is 4.91. The number of hydrogen-bond acceptors (Lipinski definition) is 3. The molecule has 2 N–H and O–H groups in total. The zero-order valence-corrected chi connectivity index (χ0v) is 18.3. The molecule has 0 spiro atoms. The Morgan fingerprint density at radius 1 is 0.933 bits per heavy atom. The van der Waals surface area contributed by atoms with E-state index >= 15 is 0 Å². The fourth-order valence-electron chi connectivity index (χ4n) is 2.55. The van der Waals surface area contributed by atoms with Gasteiger partial charge in [0.1, 0.15) is 11.4 Å². The Morgan fingerprint density at radius 2 is 1.57 bits per heavy atom. The molecule has 3 aromatic rings. The van der Waals surface area contributed by atoms with Crippen molar-refractivity contribution in [3.05, 3.63) is 99.1 Å². The maximum atomic E-state index is 12.9. The van der Waals surface area contributed by atoms with Gasteiger partial charge in [-0.15, -0.1) is 0 Å². The average Bonchev–Trinajstić information content (AvgIpc) is 2.75. The fourth-order valence-corrected chi connectivity index (χ4v) is 2.94. The first kappa shape index (κ1) is 21.6. The SMILES string of the molecule is COc1ccc(NC(=O)/C(=C/c2ccc(Cl)cc2)NC(=O)c2ccc(Br)cc2)cc1. The van der Waals surface area contributed by atoms with Crippen molar-refractivity contribution in [3.8, 4) is 5.75 Å². The predicted octanol–water partition coefficient (Wildman–Crippen LogP) is 5.52. The van der Waals surface area contributed by atoms with E-state index in [0.29, 0.717) is 22.0 Å². The number of carbonyl (C=O) groups excluding carboxylic acids is 2. The average molecular weight is 486 g/mol. The topological polar surface area (TPSA) is 67.4 Å². The molecule has 0 radical (unpaired) electrons. The van der Waals surface area contributed by atoms with E-state index < -0.39 is 11.8 Å². The van der Waals surface area contributed by atoms with Crippen LogP contribution in [0.5, 0.6) is 5.75 Å². The summed E-state index contributed by atoms with van der Waals surface area (Å²) in [7, 11) is 1.57. The van der Waals surface area contributed by atoms with Crippen LogP contribution < -0.4 is 15.4 Å². The minimum Gasteiger partial charge on any atom is -0.497 e. The normalized spacial score (nSPS) is 11.0. The van der Waals surface area contributed by atoms with Crippen LogP contribution in [0.3, 0.4) is 0 Å². The number of carbonyl (C=O) groups is 2. The van der Waals surface area contributed by atoms with Crippen LogP contribution in [-0.4, -0.2) is 18.9 Å². The molecule has 0 aromatic heterocycles. The number of hydrogen-bond donors (Lipinski definition) is 2. The summed E-state index contributed by atoms with van der Waals surface area (Å²) >= 11 is 9.28. The molecule has 0 fully saturated rings. The van der Waals surface area contributed by atoms with Crippen molar-refractivity contribution < 1.29 is 14.3 Å². The third-order valence-electron chi connectivity index (χ3n) is 4.13. The molecule has 0 saturated heterocycles. The van der Waals surface area contributed by atoms with Gasteiger partial charge in [0.2, 0.25) is 0 Å². The molecular weight excluding hydrogens is 468 g/mol. The van der Waals surface area contributed by atoms with E-state index in [-0.39, 0.29) is 5.70 Å². The van der Waals surface area contributed by atoms with Gasteiger partial charge in [-0.2, -0.15) is 0 Å². The first-order valence-electron chi connectivity index (χ1n) is 8.94. The number of methoxy groups -OCH3 is 1. The molecule has 0 heterocycles. The molecule has 152 valence electrons. The lowest BCUT2D eigenvalue weighted by molar-refractivity contribution is -0.113. The molecule has 0 saturated carbocycles. The summed E-state index contributed by atoms with van der Waals surface area (Å²) < 4.78 is 5.98. The van der Waals surface area contributed by atoms with Gasteiger partial charge in [-0.1, -0.05) is 39.7 Å². The van der Waals surface area contributed by atoms with Crippen LogP contribution in [0, 0.1) is 0 Å². The van der Waals surface area contributed by atoms with Crippen LogP contribution in [0.15, 0.2) is 83.0 Å². The molecule has 0 unspecified atom stereocenters. The number of ether oxygens (including phenoxy) is 1. The molecular formula is C23H18BrClN2O3. The smallest absolute Gasteiger partial charge is 0.272 e. The van der Waals surface area contributed by atoms with Gasteiger partial charge in [0, 0.05) is 20.7 Å². The van der Waals surface area contributed by atoms with Crippen molar-refractivity contribution in [2.75, 3.05) is 12.4 Å². The highest BCUT2D eigenvalue weighted by atomic mass is 79.9. The van der Waals surface area contributed by atoms with Crippen LogP contribution in [0.2, 0.25) is 5.02 Å². The molecule has 30 heavy (non-hydrogen) atoms. The Bertz CT molecular complexity index is 1060. The molecule has 0 atom stereocenters. The van der Waals surface area contributed by atoms with E-state index in [0.717, 1.165) is 10.0 Å². The van der Waals surface area contributed by atoms with E-state index in [1.807, 2.05) is 0 Å². The predicted molar refractivity (Wildman–Crippen MR) is 123 cm³/mol. The molecule has 0 bridgehead atoms. The van der Waals surface area contributed by atoms with Gasteiger partial charge in [-0.05, 0) is 72.3 Å². The summed E-state index contributed by atoms with van der Waals surface area (Å²) in [5.74, 6) is -0.179. The summed E-state index contributed by atoms with van der Waals surface area (Å²) in [6.07, 6.45) is 1.59. The van der Waals surface area contributed by atoms with Crippen LogP contribution in [0.25, 0.3) is 6.08 Å². The Hall–Kier alpha value is -3.09. The third kappa shape index (κ3) is 5.95. The summed E-state index contributed by atoms with van der Waals surface area (Å²) in [4.78, 5) is 25.6. The number of nitrogens with one attached hydrogen (secondary N) is 2. The van der Waals surface area contributed by atoms with Crippen molar-refractivity contribution in [1.29, 1.82) is 0 Å². The zero-order chi connectivity index (χ0) is 21.5. The van der Waals surface area contributed by atoms with Crippen molar-refractivity contribution in [3.63, 3.8) is 0 Å². The number of benzene rings is 3. The van der Waals surface area contributed by atoms with Gasteiger partial charge in [-0.25, -0.2) is 0 Å². The molecule has 2 amide bonds. The number of halogens is 2. The van der Waals surface area contributed by atoms with Crippen LogP contribution in [0.1, 0.15) is 15.9 Å². The van der Waals surface area contributed by atoms with Crippen LogP contribution in [-0.2, 0) is 4.79 Å². The van der Waals surface area contributed by atoms with Crippen LogP contribution >= 0.6 is 27.5 Å². The zero-order valence-electron chi connectivity index (χ0n) is 16.0. The van der Waals surface area contributed by atoms with Gasteiger partial charge in [0.25, 0.3) is 11.8 Å². The summed E-state index contributed by atoms with van der Waals surface area (Å²) in [6.45, 7) is 0. The van der Waals surface area contributed by atoms with E-state index in [1.54, 1.807) is 86.0 Å². The Labute approximate surface area is 187 Å². The lowest BCUT2D eigenvalue weighted by atomic mass is 10.1. The second-order valence-electron chi connectivity index (χ2n) is 6.25. The van der Waals surface area contributed by atoms with Gasteiger partial charge >= 0.3 is 0 Å². The minimum atomic E-state index is -0.458. The quantitative estimate of drug-likeness (QED) is 0.452. The highest BCUT2D eigenvalue weighted by Crippen LogP contribution is 2.17. The van der Waals surface area contributed by atoms with Crippen LogP contribution in [0.4, 0.5) is 5.69 Å². The molecule has 0 aliphatic rings. The minimum absolute atomic E-state index is 0.0982. The molecule has 7 heteroatoms. The fraction of sp³-hybridized carbons (Fsp3) is 0.0435. The van der Waals surface area contributed by atoms with Gasteiger partial charge in [-0.3, -0.25) is 9.59 Å². The number of amides is 2. The lowest BCUT2D eigenvalue weighted by Gasteiger charge is -2.12.